The third kappa shape index (κ3) is 5.14. The fourth-order valence-corrected chi connectivity index (χ4v) is 3.61. The van der Waals surface area contributed by atoms with Gasteiger partial charge in [-0.15, -0.1) is 0 Å². The topological polar surface area (TPSA) is 71.7 Å². The molecule has 0 spiro atoms. The summed E-state index contributed by atoms with van der Waals surface area (Å²) in [4.78, 5) is 4.51. The van der Waals surface area contributed by atoms with Crippen molar-refractivity contribution in [3.63, 3.8) is 0 Å². The van der Waals surface area contributed by atoms with E-state index >= 15 is 0 Å². The Bertz CT molecular complexity index is 1010. The summed E-state index contributed by atoms with van der Waals surface area (Å²) in [5, 5.41) is 0. The van der Waals surface area contributed by atoms with Crippen LogP contribution in [0.3, 0.4) is 0 Å². The van der Waals surface area contributed by atoms with Crippen LogP contribution in [0.25, 0.3) is 0 Å². The maximum Gasteiger partial charge on any atom is 0.240 e. The average molecular weight is 498 g/mol. The summed E-state index contributed by atoms with van der Waals surface area (Å²) in [6.07, 6.45) is 1.59. The molecule has 0 aliphatic rings. The third-order valence-electron chi connectivity index (χ3n) is 3.41. The summed E-state index contributed by atoms with van der Waals surface area (Å²) in [5.74, 6) is 1.05. The van der Waals surface area contributed by atoms with Crippen LogP contribution in [0.4, 0.5) is 5.69 Å². The van der Waals surface area contributed by atoms with E-state index in [2.05, 4.69) is 41.6 Å². The highest BCUT2D eigenvalue weighted by Gasteiger charge is 2.14. The number of sulfonamides is 1. The zero-order valence-electron chi connectivity index (χ0n) is 13.4. The lowest BCUT2D eigenvalue weighted by molar-refractivity contribution is 0.494. The molecule has 0 atom stereocenters. The Balaban J connectivity index is 1.63. The van der Waals surface area contributed by atoms with Crippen LogP contribution in [-0.4, -0.2) is 14.6 Å². The molecule has 26 heavy (non-hydrogen) atoms. The molecule has 0 radical (unpaired) electrons. The first-order valence-electron chi connectivity index (χ1n) is 7.56. The maximum absolute atomic E-state index is 12.3. The van der Waals surface area contributed by atoms with Gasteiger partial charge in [0, 0.05) is 8.95 Å². The van der Waals surface area contributed by atoms with Crippen molar-refractivity contribution in [3.8, 4) is 0 Å². The molecule has 0 amide bonds. The SMILES string of the molecule is O=S(=O)(NCc1ccc(C=Nc2ccc(Br)cc2)o1)c1ccc(Br)cc1. The van der Waals surface area contributed by atoms with E-state index in [4.69, 9.17) is 4.42 Å². The van der Waals surface area contributed by atoms with Gasteiger partial charge >= 0.3 is 0 Å². The van der Waals surface area contributed by atoms with Crippen molar-refractivity contribution in [1.29, 1.82) is 0 Å². The standard InChI is InChI=1S/C18H14Br2N2O3S/c19-13-1-5-15(6-2-13)21-11-16-7-8-17(25-16)12-22-26(23,24)18-9-3-14(20)4-10-18/h1-11,22H,12H2. The molecule has 0 unspecified atom stereocenters. The number of aliphatic imine (C=N–C) groups is 1. The molecule has 3 rings (SSSR count). The van der Waals surface area contributed by atoms with Gasteiger partial charge in [-0.1, -0.05) is 31.9 Å². The lowest BCUT2D eigenvalue weighted by Gasteiger charge is -2.05. The van der Waals surface area contributed by atoms with E-state index in [0.29, 0.717) is 11.5 Å². The smallest absolute Gasteiger partial charge is 0.240 e. The van der Waals surface area contributed by atoms with Gasteiger partial charge in [0.05, 0.1) is 23.3 Å². The third-order valence-corrected chi connectivity index (χ3v) is 5.88. The summed E-state index contributed by atoms with van der Waals surface area (Å²) in [6, 6.07) is 17.4. The summed E-state index contributed by atoms with van der Waals surface area (Å²) < 4.78 is 34.4. The van der Waals surface area contributed by atoms with Crippen molar-refractivity contribution in [1.82, 2.24) is 4.72 Å². The minimum Gasteiger partial charge on any atom is -0.459 e. The summed E-state index contributed by atoms with van der Waals surface area (Å²) in [7, 11) is -3.59. The first kappa shape index (κ1) is 19.0. The highest BCUT2D eigenvalue weighted by Crippen LogP contribution is 2.18. The molecule has 0 saturated carbocycles. The minimum absolute atomic E-state index is 0.0600. The highest BCUT2D eigenvalue weighted by molar-refractivity contribution is 9.10. The first-order valence-corrected chi connectivity index (χ1v) is 10.6. The number of hydrogen-bond donors (Lipinski definition) is 1. The van der Waals surface area contributed by atoms with Crippen molar-refractivity contribution in [3.05, 3.63) is 81.1 Å². The van der Waals surface area contributed by atoms with Crippen LogP contribution in [-0.2, 0) is 16.6 Å². The highest BCUT2D eigenvalue weighted by atomic mass is 79.9. The second-order valence-corrected chi connectivity index (χ2v) is 8.92. The van der Waals surface area contributed by atoms with Gasteiger partial charge in [0.25, 0.3) is 0 Å². The monoisotopic (exact) mass is 496 g/mol. The molecule has 8 heteroatoms. The number of benzene rings is 2. The second-order valence-electron chi connectivity index (χ2n) is 5.32. The van der Waals surface area contributed by atoms with Crippen molar-refractivity contribution >= 4 is 53.8 Å². The van der Waals surface area contributed by atoms with E-state index in [9.17, 15) is 8.42 Å². The molecular weight excluding hydrogens is 484 g/mol. The maximum atomic E-state index is 12.3. The molecule has 1 heterocycles. The molecule has 0 aliphatic carbocycles. The number of nitrogens with one attached hydrogen (secondary N) is 1. The first-order chi connectivity index (χ1) is 12.4. The van der Waals surface area contributed by atoms with Gasteiger partial charge < -0.3 is 4.42 Å². The number of halogens is 2. The van der Waals surface area contributed by atoms with Crippen LogP contribution in [0, 0.1) is 0 Å². The fraction of sp³-hybridized carbons (Fsp3) is 0.0556. The van der Waals surface area contributed by atoms with Gasteiger partial charge in [-0.2, -0.15) is 0 Å². The molecule has 0 fully saturated rings. The van der Waals surface area contributed by atoms with Crippen LogP contribution in [0.15, 0.2) is 83.9 Å². The van der Waals surface area contributed by atoms with E-state index < -0.39 is 10.0 Å². The lowest BCUT2D eigenvalue weighted by atomic mass is 10.3. The van der Waals surface area contributed by atoms with Gasteiger partial charge in [-0.3, -0.25) is 4.99 Å². The average Bonchev–Trinajstić information content (AvgIpc) is 3.08. The number of rotatable bonds is 6. The zero-order valence-corrected chi connectivity index (χ0v) is 17.4. The van der Waals surface area contributed by atoms with E-state index in [1.165, 1.54) is 12.1 Å². The van der Waals surface area contributed by atoms with Gasteiger partial charge in [0.1, 0.15) is 11.5 Å². The summed E-state index contributed by atoms with van der Waals surface area (Å²) in [5.41, 5.74) is 0.794. The Kier molecular flexibility index (Phi) is 6.08. The molecule has 1 N–H and O–H groups in total. The number of furan rings is 1. The minimum atomic E-state index is -3.59. The Morgan fingerprint density at radius 2 is 1.54 bits per heavy atom. The van der Waals surface area contributed by atoms with Gasteiger partial charge in [-0.05, 0) is 60.7 Å². The van der Waals surface area contributed by atoms with Crippen molar-refractivity contribution in [2.75, 3.05) is 0 Å². The molecule has 5 nitrogen and oxygen atoms in total. The quantitative estimate of drug-likeness (QED) is 0.485. The molecule has 0 aliphatic heterocycles. The van der Waals surface area contributed by atoms with E-state index in [1.54, 1.807) is 30.5 Å². The second kappa shape index (κ2) is 8.30. The van der Waals surface area contributed by atoms with Crippen LogP contribution in [0.2, 0.25) is 0 Å². The largest absolute Gasteiger partial charge is 0.459 e. The van der Waals surface area contributed by atoms with Gasteiger partial charge in [-0.25, -0.2) is 13.1 Å². The fourth-order valence-electron chi connectivity index (χ4n) is 2.09. The lowest BCUT2D eigenvalue weighted by Crippen LogP contribution is -2.22. The van der Waals surface area contributed by atoms with Gasteiger partial charge in [0.2, 0.25) is 10.0 Å². The Morgan fingerprint density at radius 3 is 2.19 bits per heavy atom. The molecule has 3 aromatic rings. The normalized spacial score (nSPS) is 11.9. The van der Waals surface area contributed by atoms with Crippen molar-refractivity contribution in [2.24, 2.45) is 4.99 Å². The van der Waals surface area contributed by atoms with Crippen LogP contribution >= 0.6 is 31.9 Å². The van der Waals surface area contributed by atoms with Gasteiger partial charge in [0.15, 0.2) is 0 Å². The van der Waals surface area contributed by atoms with E-state index in [-0.39, 0.29) is 11.4 Å². The molecule has 1 aromatic heterocycles. The number of nitrogens with zero attached hydrogens (tertiary/aromatic N) is 1. The Hall–Kier alpha value is -1.74. The number of hydrogen-bond acceptors (Lipinski definition) is 4. The Labute approximate surface area is 168 Å². The predicted molar refractivity (Wildman–Crippen MR) is 108 cm³/mol. The van der Waals surface area contributed by atoms with Crippen LogP contribution in [0.5, 0.6) is 0 Å². The predicted octanol–water partition coefficient (Wildman–Crippen LogP) is 5.03. The van der Waals surface area contributed by atoms with Crippen molar-refractivity contribution in [2.45, 2.75) is 11.4 Å². The van der Waals surface area contributed by atoms with Crippen molar-refractivity contribution < 1.29 is 12.8 Å². The molecular formula is C18H14Br2N2O3S. The molecule has 134 valence electrons. The molecule has 0 bridgehead atoms. The molecule has 2 aromatic carbocycles. The zero-order chi connectivity index (χ0) is 18.6. The summed E-state index contributed by atoms with van der Waals surface area (Å²) in [6.45, 7) is 0.0600. The van der Waals surface area contributed by atoms with Crippen LogP contribution in [0.1, 0.15) is 11.5 Å². The van der Waals surface area contributed by atoms with E-state index in [1.807, 2.05) is 24.3 Å². The Morgan fingerprint density at radius 1 is 0.923 bits per heavy atom. The van der Waals surface area contributed by atoms with E-state index in [0.717, 1.165) is 14.6 Å². The summed E-state index contributed by atoms with van der Waals surface area (Å²) >= 11 is 6.65. The van der Waals surface area contributed by atoms with Crippen LogP contribution < -0.4 is 4.72 Å². The molecule has 0 saturated heterocycles.